The fourth-order valence-electron chi connectivity index (χ4n) is 1.60. The van der Waals surface area contributed by atoms with Gasteiger partial charge in [0.15, 0.2) is 0 Å². The second-order valence-electron chi connectivity index (χ2n) is 4.14. The molecule has 0 heterocycles. The van der Waals surface area contributed by atoms with Crippen LogP contribution in [0.1, 0.15) is 5.56 Å². The quantitative estimate of drug-likeness (QED) is 0.778. The van der Waals surface area contributed by atoms with Gasteiger partial charge in [-0.15, -0.1) is 0 Å². The number of hydrogen-bond acceptors (Lipinski definition) is 3. The van der Waals surface area contributed by atoms with Crippen molar-refractivity contribution >= 4 is 21.8 Å². The van der Waals surface area contributed by atoms with Crippen molar-refractivity contribution in [3.8, 4) is 0 Å². The number of rotatable bonds is 7. The Bertz CT molecular complexity index is 385. The molecular formula is C13H19BrN2O2. The summed E-state index contributed by atoms with van der Waals surface area (Å²) in [5, 5.41) is 2.80. The number of halogens is 1. The van der Waals surface area contributed by atoms with Gasteiger partial charge in [0.1, 0.15) is 0 Å². The van der Waals surface area contributed by atoms with Gasteiger partial charge in [0.2, 0.25) is 5.91 Å². The Morgan fingerprint density at radius 2 is 2.28 bits per heavy atom. The van der Waals surface area contributed by atoms with Gasteiger partial charge in [-0.2, -0.15) is 0 Å². The van der Waals surface area contributed by atoms with Gasteiger partial charge >= 0.3 is 0 Å². The molecule has 1 amide bonds. The number of likely N-dealkylation sites (N-methyl/N-ethyl adjacent to an activating group) is 1. The third-order valence-electron chi connectivity index (χ3n) is 2.38. The molecule has 5 heteroatoms. The average Bonchev–Trinajstić information content (AvgIpc) is 2.29. The van der Waals surface area contributed by atoms with Crippen molar-refractivity contribution in [3.05, 3.63) is 34.3 Å². The maximum absolute atomic E-state index is 11.6. The predicted molar refractivity (Wildman–Crippen MR) is 75.4 cm³/mol. The van der Waals surface area contributed by atoms with Crippen LogP contribution >= 0.6 is 15.9 Å². The number of amides is 1. The van der Waals surface area contributed by atoms with E-state index < -0.39 is 0 Å². The molecule has 0 bridgehead atoms. The minimum absolute atomic E-state index is 0.0181. The van der Waals surface area contributed by atoms with Crippen LogP contribution in [0.25, 0.3) is 0 Å². The van der Waals surface area contributed by atoms with Crippen LogP contribution < -0.4 is 5.32 Å². The summed E-state index contributed by atoms with van der Waals surface area (Å²) in [4.78, 5) is 13.5. The molecule has 1 aromatic carbocycles. The SMILES string of the molecule is COCCNC(=O)CN(C)Cc1cccc(Br)c1. The number of methoxy groups -OCH3 is 1. The smallest absolute Gasteiger partial charge is 0.234 e. The molecule has 18 heavy (non-hydrogen) atoms. The summed E-state index contributed by atoms with van der Waals surface area (Å²) in [6.45, 7) is 2.23. The van der Waals surface area contributed by atoms with Crippen LogP contribution in [-0.4, -0.2) is 44.7 Å². The lowest BCUT2D eigenvalue weighted by Gasteiger charge is -2.16. The van der Waals surface area contributed by atoms with Crippen LogP contribution in [0.15, 0.2) is 28.7 Å². The number of carbonyl (C=O) groups is 1. The standard InChI is InChI=1S/C13H19BrN2O2/c1-16(10-13(17)15-6-7-18-2)9-11-4-3-5-12(14)8-11/h3-5,8H,6-7,9-10H2,1-2H3,(H,15,17). The number of ether oxygens (including phenoxy) is 1. The number of nitrogens with one attached hydrogen (secondary N) is 1. The van der Waals surface area contributed by atoms with E-state index in [1.54, 1.807) is 7.11 Å². The number of carbonyl (C=O) groups excluding carboxylic acids is 1. The maximum Gasteiger partial charge on any atom is 0.234 e. The van der Waals surface area contributed by atoms with E-state index in [4.69, 9.17) is 4.74 Å². The highest BCUT2D eigenvalue weighted by molar-refractivity contribution is 9.10. The summed E-state index contributed by atoms with van der Waals surface area (Å²) in [6, 6.07) is 8.08. The molecule has 0 atom stereocenters. The van der Waals surface area contributed by atoms with E-state index in [9.17, 15) is 4.79 Å². The lowest BCUT2D eigenvalue weighted by molar-refractivity contribution is -0.122. The second-order valence-corrected chi connectivity index (χ2v) is 5.06. The highest BCUT2D eigenvalue weighted by atomic mass is 79.9. The lowest BCUT2D eigenvalue weighted by atomic mass is 10.2. The summed E-state index contributed by atoms with van der Waals surface area (Å²) in [5.41, 5.74) is 1.18. The maximum atomic E-state index is 11.6. The van der Waals surface area contributed by atoms with Crippen LogP contribution in [0.2, 0.25) is 0 Å². The van der Waals surface area contributed by atoms with Crippen LogP contribution in [0.5, 0.6) is 0 Å². The van der Waals surface area contributed by atoms with Gasteiger partial charge in [-0.1, -0.05) is 28.1 Å². The van der Waals surface area contributed by atoms with E-state index in [2.05, 4.69) is 27.3 Å². The summed E-state index contributed by atoms with van der Waals surface area (Å²) in [5.74, 6) is 0.0181. The molecule has 0 radical (unpaired) electrons. The molecule has 0 aliphatic carbocycles. The van der Waals surface area contributed by atoms with Gasteiger partial charge < -0.3 is 10.1 Å². The first-order valence-corrected chi connectivity index (χ1v) is 6.59. The van der Waals surface area contributed by atoms with Crippen molar-refractivity contribution in [3.63, 3.8) is 0 Å². The Kier molecular flexibility index (Phi) is 6.93. The zero-order valence-corrected chi connectivity index (χ0v) is 12.4. The minimum Gasteiger partial charge on any atom is -0.383 e. The lowest BCUT2D eigenvalue weighted by Crippen LogP contribution is -2.36. The van der Waals surface area contributed by atoms with Gasteiger partial charge in [0.05, 0.1) is 13.2 Å². The summed E-state index contributed by atoms with van der Waals surface area (Å²) >= 11 is 3.43. The van der Waals surface area contributed by atoms with Crippen molar-refractivity contribution in [2.45, 2.75) is 6.54 Å². The third kappa shape index (κ3) is 6.14. The Hall–Kier alpha value is -0.910. The van der Waals surface area contributed by atoms with Gasteiger partial charge in [0, 0.05) is 24.7 Å². The molecule has 0 saturated heterocycles. The third-order valence-corrected chi connectivity index (χ3v) is 2.88. The van der Waals surface area contributed by atoms with E-state index in [-0.39, 0.29) is 5.91 Å². The van der Waals surface area contributed by atoms with E-state index >= 15 is 0 Å². The highest BCUT2D eigenvalue weighted by Crippen LogP contribution is 2.12. The average molecular weight is 315 g/mol. The summed E-state index contributed by atoms with van der Waals surface area (Å²) in [6.07, 6.45) is 0. The molecule has 1 N–H and O–H groups in total. The molecule has 100 valence electrons. The Labute approximate surface area is 116 Å². The van der Waals surface area contributed by atoms with Crippen molar-refractivity contribution in [1.82, 2.24) is 10.2 Å². The van der Waals surface area contributed by atoms with Crippen molar-refractivity contribution < 1.29 is 9.53 Å². The van der Waals surface area contributed by atoms with Crippen LogP contribution in [-0.2, 0) is 16.1 Å². The molecule has 0 fully saturated rings. The van der Waals surface area contributed by atoms with Gasteiger partial charge in [-0.25, -0.2) is 0 Å². The first-order valence-electron chi connectivity index (χ1n) is 5.80. The second kappa shape index (κ2) is 8.24. The highest BCUT2D eigenvalue weighted by Gasteiger charge is 2.06. The minimum atomic E-state index is 0.0181. The predicted octanol–water partition coefficient (Wildman–Crippen LogP) is 1.64. The molecule has 0 unspecified atom stereocenters. The Balaban J connectivity index is 2.32. The van der Waals surface area contributed by atoms with Crippen molar-refractivity contribution in [1.29, 1.82) is 0 Å². The van der Waals surface area contributed by atoms with E-state index in [1.165, 1.54) is 5.56 Å². The van der Waals surface area contributed by atoms with Crippen molar-refractivity contribution in [2.75, 3.05) is 33.9 Å². The molecule has 1 aromatic rings. The summed E-state index contributed by atoms with van der Waals surface area (Å²) < 4.78 is 5.93. The topological polar surface area (TPSA) is 41.6 Å². The molecule has 0 aromatic heterocycles. The number of benzene rings is 1. The first kappa shape index (κ1) is 15.1. The van der Waals surface area contributed by atoms with Gasteiger partial charge in [-0.3, -0.25) is 9.69 Å². The van der Waals surface area contributed by atoms with E-state index in [0.717, 1.165) is 11.0 Å². The molecule has 0 spiro atoms. The first-order chi connectivity index (χ1) is 8.61. The Morgan fingerprint density at radius 1 is 1.50 bits per heavy atom. The summed E-state index contributed by atoms with van der Waals surface area (Å²) in [7, 11) is 3.54. The zero-order chi connectivity index (χ0) is 13.4. The fraction of sp³-hybridized carbons (Fsp3) is 0.462. The molecule has 0 saturated carbocycles. The van der Waals surface area contributed by atoms with Crippen LogP contribution in [0.3, 0.4) is 0 Å². The normalized spacial score (nSPS) is 10.7. The van der Waals surface area contributed by atoms with Crippen LogP contribution in [0, 0.1) is 0 Å². The molecular weight excluding hydrogens is 296 g/mol. The van der Waals surface area contributed by atoms with E-state index in [0.29, 0.717) is 19.7 Å². The zero-order valence-electron chi connectivity index (χ0n) is 10.8. The molecule has 1 rings (SSSR count). The molecule has 0 aliphatic heterocycles. The fourth-order valence-corrected chi connectivity index (χ4v) is 2.04. The van der Waals surface area contributed by atoms with Crippen LogP contribution in [0.4, 0.5) is 0 Å². The number of nitrogens with zero attached hydrogens (tertiary/aromatic N) is 1. The molecule has 0 aliphatic rings. The Morgan fingerprint density at radius 3 is 2.94 bits per heavy atom. The monoisotopic (exact) mass is 314 g/mol. The van der Waals surface area contributed by atoms with E-state index in [1.807, 2.05) is 30.1 Å². The van der Waals surface area contributed by atoms with Gasteiger partial charge in [-0.05, 0) is 24.7 Å². The van der Waals surface area contributed by atoms with Gasteiger partial charge in [0.25, 0.3) is 0 Å². The number of hydrogen-bond donors (Lipinski definition) is 1. The van der Waals surface area contributed by atoms with Crippen molar-refractivity contribution in [2.24, 2.45) is 0 Å². The largest absolute Gasteiger partial charge is 0.383 e. The molecule has 4 nitrogen and oxygen atoms in total.